The van der Waals surface area contributed by atoms with Crippen LogP contribution in [0.5, 0.6) is 0 Å². The van der Waals surface area contributed by atoms with E-state index in [-0.39, 0.29) is 38.9 Å². The molecule has 7 nitrogen and oxygen atoms in total. The zero-order valence-electron chi connectivity index (χ0n) is 25.0. The number of fused-ring (bicyclic) bond motifs is 5. The number of rotatable bonds is 7. The number of hydrogen-bond donors (Lipinski definition) is 4. The summed E-state index contributed by atoms with van der Waals surface area (Å²) in [4.78, 5) is 12.3. The molecule has 0 saturated heterocycles. The van der Waals surface area contributed by atoms with E-state index in [1.165, 1.54) is 12.1 Å². The Kier molecular flexibility index (Phi) is 8.81. The number of carbonyl (C=O) groups is 1. The minimum atomic E-state index is -4.05. The molecule has 0 unspecified atom stereocenters. The summed E-state index contributed by atoms with van der Waals surface area (Å²) in [5.41, 5.74) is 0.337. The lowest BCUT2D eigenvalue weighted by molar-refractivity contribution is -0.203. The fourth-order valence-electron chi connectivity index (χ4n) is 10.4. The number of nitrogens with one attached hydrogen (secondary N) is 2. The van der Waals surface area contributed by atoms with Crippen molar-refractivity contribution in [2.75, 3.05) is 6.54 Å². The number of aliphatic hydroxyl groups is 2. The van der Waals surface area contributed by atoms with Crippen LogP contribution in [0.15, 0.2) is 29.2 Å². The van der Waals surface area contributed by atoms with Gasteiger partial charge in [0.2, 0.25) is 0 Å². The highest BCUT2D eigenvalue weighted by atomic mass is 35.5. The van der Waals surface area contributed by atoms with Crippen molar-refractivity contribution in [3.8, 4) is 0 Å². The largest absolute Gasteiger partial charge is 0.393 e. The topological polar surface area (TPSA) is 116 Å². The van der Waals surface area contributed by atoms with Gasteiger partial charge in [0.05, 0.1) is 17.2 Å². The van der Waals surface area contributed by atoms with Gasteiger partial charge in [0.1, 0.15) is 4.90 Å². The number of halogens is 1. The SMILES string of the molecule is CC[C@H]1[C@@H](O)[C@@H]2[C@H](CC[C@]3(C)[C@@H]([C@H](C)CCNC(=O)NS(=O)(=O)c4ccccc4Cl)CC[C@@H]23)[C@@]2(C)CC[C@@H](O)C[C@@H]12. The van der Waals surface area contributed by atoms with Crippen LogP contribution in [0, 0.1) is 52.3 Å². The minimum absolute atomic E-state index is 0.0686. The molecule has 0 heterocycles. The first-order chi connectivity index (χ1) is 19.3. The number of hydrogen-bond acceptors (Lipinski definition) is 5. The highest BCUT2D eigenvalue weighted by Gasteiger charge is 2.64. The lowest BCUT2D eigenvalue weighted by Gasteiger charge is -2.64. The Hall–Kier alpha value is -1.35. The third-order valence-electron chi connectivity index (χ3n) is 12.4. The molecule has 4 aliphatic carbocycles. The first-order valence-electron chi connectivity index (χ1n) is 15.7. The molecule has 1 aromatic carbocycles. The van der Waals surface area contributed by atoms with Gasteiger partial charge in [-0.3, -0.25) is 0 Å². The zero-order valence-corrected chi connectivity index (χ0v) is 26.6. The summed E-state index contributed by atoms with van der Waals surface area (Å²) in [6.45, 7) is 9.77. The maximum atomic E-state index is 12.6. The van der Waals surface area contributed by atoms with Crippen molar-refractivity contribution in [1.29, 1.82) is 0 Å². The smallest absolute Gasteiger partial charge is 0.328 e. The summed E-state index contributed by atoms with van der Waals surface area (Å²) in [5, 5.41) is 25.2. The van der Waals surface area contributed by atoms with Gasteiger partial charge in [-0.25, -0.2) is 17.9 Å². The Morgan fingerprint density at radius 2 is 1.73 bits per heavy atom. The van der Waals surface area contributed by atoms with Crippen LogP contribution < -0.4 is 10.0 Å². The van der Waals surface area contributed by atoms with E-state index in [1.54, 1.807) is 12.1 Å². The number of carbonyl (C=O) groups excluding carboxylic acids is 1. The number of urea groups is 1. The number of amides is 2. The Labute approximate surface area is 251 Å². The van der Waals surface area contributed by atoms with Crippen molar-refractivity contribution in [1.82, 2.24) is 10.0 Å². The Morgan fingerprint density at radius 3 is 2.44 bits per heavy atom. The van der Waals surface area contributed by atoms with Gasteiger partial charge in [0, 0.05) is 6.54 Å². The van der Waals surface area contributed by atoms with E-state index in [9.17, 15) is 23.4 Å². The van der Waals surface area contributed by atoms with Gasteiger partial charge in [0.25, 0.3) is 10.0 Å². The van der Waals surface area contributed by atoms with E-state index in [1.807, 2.05) is 0 Å². The fraction of sp³-hybridized carbons (Fsp3) is 0.781. The third kappa shape index (κ3) is 5.44. The second-order valence-electron chi connectivity index (χ2n) is 14.2. The minimum Gasteiger partial charge on any atom is -0.393 e. The van der Waals surface area contributed by atoms with E-state index >= 15 is 0 Å². The van der Waals surface area contributed by atoms with Gasteiger partial charge in [-0.05, 0) is 116 Å². The quantitative estimate of drug-likeness (QED) is 0.304. The summed E-state index contributed by atoms with van der Waals surface area (Å²) >= 11 is 6.02. The second kappa shape index (κ2) is 11.6. The predicted molar refractivity (Wildman–Crippen MR) is 161 cm³/mol. The molecule has 4 N–H and O–H groups in total. The number of aliphatic hydroxyl groups excluding tert-OH is 2. The Balaban J connectivity index is 1.22. The molecular weight excluding hydrogens is 560 g/mol. The van der Waals surface area contributed by atoms with Crippen LogP contribution in [0.25, 0.3) is 0 Å². The summed E-state index contributed by atoms with van der Waals surface area (Å²) in [5.74, 6) is 2.81. The molecule has 4 saturated carbocycles. The van der Waals surface area contributed by atoms with Gasteiger partial charge in [-0.15, -0.1) is 0 Å². The molecule has 41 heavy (non-hydrogen) atoms. The van der Waals surface area contributed by atoms with Gasteiger partial charge >= 0.3 is 6.03 Å². The van der Waals surface area contributed by atoms with E-state index < -0.39 is 16.1 Å². The van der Waals surface area contributed by atoms with Crippen LogP contribution in [0.4, 0.5) is 4.79 Å². The van der Waals surface area contributed by atoms with E-state index in [0.717, 1.165) is 57.8 Å². The lowest BCUT2D eigenvalue weighted by atomic mass is 9.41. The molecule has 4 fully saturated rings. The van der Waals surface area contributed by atoms with E-state index in [2.05, 4.69) is 37.7 Å². The fourth-order valence-corrected chi connectivity index (χ4v) is 11.9. The maximum absolute atomic E-state index is 12.6. The lowest BCUT2D eigenvalue weighted by Crippen LogP contribution is -2.62. The normalized spacial score (nSPS) is 41.0. The predicted octanol–water partition coefficient (Wildman–Crippen LogP) is 5.98. The van der Waals surface area contributed by atoms with Gasteiger partial charge in [0.15, 0.2) is 0 Å². The molecule has 2 amide bonds. The summed E-state index contributed by atoms with van der Waals surface area (Å²) < 4.78 is 27.3. The molecule has 230 valence electrons. The monoisotopic (exact) mass is 608 g/mol. The van der Waals surface area contributed by atoms with Crippen molar-refractivity contribution in [2.45, 2.75) is 103 Å². The average molecular weight is 609 g/mol. The second-order valence-corrected chi connectivity index (χ2v) is 16.2. The summed E-state index contributed by atoms with van der Waals surface area (Å²) in [6, 6.07) is 5.31. The highest BCUT2D eigenvalue weighted by molar-refractivity contribution is 7.90. The van der Waals surface area contributed by atoms with Crippen molar-refractivity contribution >= 4 is 27.7 Å². The van der Waals surface area contributed by atoms with Crippen molar-refractivity contribution < 1.29 is 23.4 Å². The first kappa shape index (κ1) is 31.1. The molecule has 11 atom stereocenters. The molecule has 0 spiro atoms. The molecule has 0 aliphatic heterocycles. The molecule has 0 bridgehead atoms. The standard InChI is InChI=1S/C32H49ClN2O5S/c1-5-21-25-18-20(36)12-15-32(25,4)24-13-16-31(3)22(10-11-23(31)28(24)29(21)37)19(2)14-17-34-30(38)35-41(39,40)27-9-7-6-8-26(27)33/h6-9,19-25,28-29,36-37H,5,10-18H2,1-4H3,(H2,34,35,38)/t19-,20-,21-,22-,23+,24+,25+,28+,29-,31-,32-/m1/s1. The van der Waals surface area contributed by atoms with Gasteiger partial charge in [-0.2, -0.15) is 0 Å². The zero-order chi connectivity index (χ0) is 29.7. The maximum Gasteiger partial charge on any atom is 0.328 e. The van der Waals surface area contributed by atoms with Crippen LogP contribution in [-0.4, -0.2) is 43.4 Å². The third-order valence-corrected chi connectivity index (χ3v) is 14.2. The highest BCUT2D eigenvalue weighted by Crippen LogP contribution is 2.69. The number of sulfonamides is 1. The first-order valence-corrected chi connectivity index (χ1v) is 17.6. The van der Waals surface area contributed by atoms with Crippen LogP contribution in [0.3, 0.4) is 0 Å². The van der Waals surface area contributed by atoms with Crippen LogP contribution in [0.1, 0.15) is 85.5 Å². The van der Waals surface area contributed by atoms with Gasteiger partial charge < -0.3 is 15.5 Å². The number of benzene rings is 1. The Morgan fingerprint density at radius 1 is 1.05 bits per heavy atom. The van der Waals surface area contributed by atoms with Crippen LogP contribution in [-0.2, 0) is 10.0 Å². The van der Waals surface area contributed by atoms with E-state index in [4.69, 9.17) is 11.6 Å². The van der Waals surface area contributed by atoms with Crippen molar-refractivity contribution in [3.63, 3.8) is 0 Å². The molecule has 0 aromatic heterocycles. The summed E-state index contributed by atoms with van der Waals surface area (Å²) in [6.07, 6.45) is 8.51. The van der Waals surface area contributed by atoms with Crippen molar-refractivity contribution in [2.24, 2.45) is 52.3 Å². The molecule has 5 rings (SSSR count). The van der Waals surface area contributed by atoms with Gasteiger partial charge in [-0.1, -0.05) is 57.8 Å². The summed E-state index contributed by atoms with van der Waals surface area (Å²) in [7, 11) is -4.05. The van der Waals surface area contributed by atoms with Crippen LogP contribution in [0.2, 0.25) is 5.02 Å². The average Bonchev–Trinajstić information content (AvgIpc) is 3.27. The molecule has 4 aliphatic rings. The Bertz CT molecular complexity index is 1230. The van der Waals surface area contributed by atoms with Crippen molar-refractivity contribution in [3.05, 3.63) is 29.3 Å². The molecule has 9 heteroatoms. The van der Waals surface area contributed by atoms with E-state index in [0.29, 0.717) is 42.1 Å². The molecule has 0 radical (unpaired) electrons. The molecular formula is C32H49ClN2O5S. The van der Waals surface area contributed by atoms with Crippen LogP contribution >= 0.6 is 11.6 Å². The molecule has 1 aromatic rings.